The zero-order valence-corrected chi connectivity index (χ0v) is 19.6. The number of sulfone groups is 1. The van der Waals surface area contributed by atoms with Crippen LogP contribution in [0.5, 0.6) is 5.75 Å². The van der Waals surface area contributed by atoms with Crippen LogP contribution in [0.1, 0.15) is 24.0 Å². The molecule has 2 aliphatic heterocycles. The van der Waals surface area contributed by atoms with Gasteiger partial charge in [-0.3, -0.25) is 4.79 Å². The number of fused-ring (bicyclic) bond motifs is 1. The third kappa shape index (κ3) is 5.52. The van der Waals surface area contributed by atoms with Crippen LogP contribution in [0.15, 0.2) is 30.3 Å². The Morgan fingerprint density at radius 2 is 2.03 bits per heavy atom. The summed E-state index contributed by atoms with van der Waals surface area (Å²) in [5.41, 5.74) is 2.42. The quantitative estimate of drug-likeness (QED) is 0.663. The highest BCUT2D eigenvalue weighted by Crippen LogP contribution is 2.40. The number of nitrogens with zero attached hydrogens (tertiary/aromatic N) is 1. The van der Waals surface area contributed by atoms with Crippen molar-refractivity contribution in [1.82, 2.24) is 10.2 Å². The monoisotopic (exact) mass is 478 g/mol. The summed E-state index contributed by atoms with van der Waals surface area (Å²) in [6, 6.07) is 7.38. The molecule has 0 saturated carbocycles. The van der Waals surface area contributed by atoms with E-state index in [9.17, 15) is 22.0 Å². The second kappa shape index (κ2) is 9.38. The molecule has 1 N–H and O–H groups in total. The lowest BCUT2D eigenvalue weighted by Crippen LogP contribution is -2.38. The van der Waals surface area contributed by atoms with Gasteiger partial charge in [0, 0.05) is 36.6 Å². The number of carbonyl (C=O) groups is 1. The molecule has 1 saturated heterocycles. The minimum Gasteiger partial charge on any atom is -0.487 e. The van der Waals surface area contributed by atoms with Crippen LogP contribution in [-0.4, -0.2) is 63.0 Å². The maximum Gasteiger partial charge on any atom is 0.221 e. The van der Waals surface area contributed by atoms with Gasteiger partial charge in [0.25, 0.3) is 0 Å². The molecule has 9 heteroatoms. The third-order valence-corrected chi connectivity index (χ3v) is 8.13. The Kier molecular flexibility index (Phi) is 6.72. The summed E-state index contributed by atoms with van der Waals surface area (Å²) in [6.07, 6.45) is 0.979. The third-order valence-electron chi connectivity index (χ3n) is 6.38. The van der Waals surface area contributed by atoms with Gasteiger partial charge in [-0.2, -0.15) is 0 Å². The average Bonchev–Trinajstić information content (AvgIpc) is 3.34. The predicted octanol–water partition coefficient (Wildman–Crippen LogP) is 2.87. The normalized spacial score (nSPS) is 21.1. The zero-order valence-electron chi connectivity index (χ0n) is 18.7. The Morgan fingerprint density at radius 1 is 1.24 bits per heavy atom. The van der Waals surface area contributed by atoms with E-state index in [1.807, 2.05) is 11.9 Å². The van der Waals surface area contributed by atoms with E-state index in [0.717, 1.165) is 0 Å². The number of ether oxygens (including phenoxy) is 1. The molecule has 178 valence electrons. The standard InChI is InChI=1S/C24H28F2N2O4S/c1-15-9-16(3-4-22(15)26)21-12-18(25)10-17-11-20(32-24(17)21)13-27-23(29)5-7-28(2)19-6-8-33(30,31)14-19/h3-4,9-10,12,19-20H,5-8,11,13-14H2,1-2H3,(H,27,29)/t19-,20-/m1/s1. The minimum absolute atomic E-state index is 0.0427. The molecule has 2 aromatic carbocycles. The topological polar surface area (TPSA) is 75.7 Å². The van der Waals surface area contributed by atoms with E-state index in [0.29, 0.717) is 47.4 Å². The first kappa shape index (κ1) is 23.6. The molecule has 2 aliphatic rings. The highest BCUT2D eigenvalue weighted by atomic mass is 32.2. The number of rotatable bonds is 7. The summed E-state index contributed by atoms with van der Waals surface area (Å²) in [4.78, 5) is 14.2. The van der Waals surface area contributed by atoms with Crippen molar-refractivity contribution in [2.45, 2.75) is 38.3 Å². The number of nitrogens with one attached hydrogen (secondary N) is 1. The molecule has 33 heavy (non-hydrogen) atoms. The van der Waals surface area contributed by atoms with Crippen LogP contribution in [0.4, 0.5) is 8.78 Å². The van der Waals surface area contributed by atoms with E-state index in [1.54, 1.807) is 19.1 Å². The number of hydrogen-bond donors (Lipinski definition) is 1. The van der Waals surface area contributed by atoms with E-state index in [-0.39, 0.29) is 48.3 Å². The molecule has 1 amide bonds. The van der Waals surface area contributed by atoms with Crippen LogP contribution in [-0.2, 0) is 21.1 Å². The Morgan fingerprint density at radius 3 is 2.73 bits per heavy atom. The van der Waals surface area contributed by atoms with Crippen LogP contribution in [0.25, 0.3) is 11.1 Å². The van der Waals surface area contributed by atoms with Crippen LogP contribution in [0, 0.1) is 18.6 Å². The second-order valence-corrected chi connectivity index (χ2v) is 11.2. The van der Waals surface area contributed by atoms with Gasteiger partial charge in [0.05, 0.1) is 18.1 Å². The first-order chi connectivity index (χ1) is 15.6. The minimum atomic E-state index is -2.96. The fourth-order valence-corrected chi connectivity index (χ4v) is 6.24. The molecule has 0 aliphatic carbocycles. The first-order valence-corrected chi connectivity index (χ1v) is 12.9. The highest BCUT2D eigenvalue weighted by molar-refractivity contribution is 7.91. The summed E-state index contributed by atoms with van der Waals surface area (Å²) in [6.45, 7) is 2.40. The van der Waals surface area contributed by atoms with Crippen molar-refractivity contribution >= 4 is 15.7 Å². The van der Waals surface area contributed by atoms with Gasteiger partial charge in [0.2, 0.25) is 5.91 Å². The van der Waals surface area contributed by atoms with Crippen molar-refractivity contribution in [3.05, 3.63) is 53.1 Å². The van der Waals surface area contributed by atoms with Crippen molar-refractivity contribution in [3.8, 4) is 16.9 Å². The van der Waals surface area contributed by atoms with Gasteiger partial charge in [0.1, 0.15) is 23.5 Å². The number of aryl methyl sites for hydroxylation is 1. The molecule has 0 bridgehead atoms. The summed E-state index contributed by atoms with van der Waals surface area (Å²) in [7, 11) is -1.13. The van der Waals surface area contributed by atoms with E-state index in [1.165, 1.54) is 18.2 Å². The Balaban J connectivity index is 1.33. The Hall–Kier alpha value is -2.52. The lowest BCUT2D eigenvalue weighted by atomic mass is 9.99. The molecule has 2 atom stereocenters. The van der Waals surface area contributed by atoms with Gasteiger partial charge in [0.15, 0.2) is 9.84 Å². The number of halogens is 2. The molecule has 0 spiro atoms. The molecule has 4 rings (SSSR count). The van der Waals surface area contributed by atoms with E-state index >= 15 is 0 Å². The van der Waals surface area contributed by atoms with Crippen LogP contribution >= 0.6 is 0 Å². The van der Waals surface area contributed by atoms with Gasteiger partial charge in [-0.25, -0.2) is 17.2 Å². The molecule has 0 radical (unpaired) electrons. The summed E-state index contributed by atoms with van der Waals surface area (Å²) in [5.74, 6) is 0.0377. The smallest absolute Gasteiger partial charge is 0.221 e. The lowest BCUT2D eigenvalue weighted by molar-refractivity contribution is -0.121. The second-order valence-electron chi connectivity index (χ2n) is 8.94. The average molecular weight is 479 g/mol. The first-order valence-electron chi connectivity index (χ1n) is 11.0. The van der Waals surface area contributed by atoms with Crippen LogP contribution in [0.3, 0.4) is 0 Å². The molecule has 2 heterocycles. The Bertz CT molecular complexity index is 1170. The maximum absolute atomic E-state index is 14.2. The maximum atomic E-state index is 14.2. The van der Waals surface area contributed by atoms with Crippen molar-refractivity contribution in [1.29, 1.82) is 0 Å². The lowest BCUT2D eigenvalue weighted by Gasteiger charge is -2.22. The highest BCUT2D eigenvalue weighted by Gasteiger charge is 2.31. The van der Waals surface area contributed by atoms with Crippen molar-refractivity contribution in [2.24, 2.45) is 0 Å². The summed E-state index contributed by atoms with van der Waals surface area (Å²) in [5, 5.41) is 2.86. The van der Waals surface area contributed by atoms with Crippen molar-refractivity contribution in [2.75, 3.05) is 31.6 Å². The number of hydrogen-bond acceptors (Lipinski definition) is 5. The van der Waals surface area contributed by atoms with Gasteiger partial charge < -0.3 is 15.0 Å². The van der Waals surface area contributed by atoms with E-state index in [4.69, 9.17) is 4.74 Å². The molecular weight excluding hydrogens is 450 g/mol. The summed E-state index contributed by atoms with van der Waals surface area (Å²) >= 11 is 0. The van der Waals surface area contributed by atoms with Gasteiger partial charge >= 0.3 is 0 Å². The Labute approximate surface area is 192 Å². The zero-order chi connectivity index (χ0) is 23.8. The molecule has 1 fully saturated rings. The van der Waals surface area contributed by atoms with Gasteiger partial charge in [-0.1, -0.05) is 6.07 Å². The molecular formula is C24H28F2N2O4S. The number of amides is 1. The van der Waals surface area contributed by atoms with E-state index < -0.39 is 15.7 Å². The molecule has 2 aromatic rings. The van der Waals surface area contributed by atoms with Crippen LogP contribution < -0.4 is 10.1 Å². The van der Waals surface area contributed by atoms with Gasteiger partial charge in [-0.05, 0) is 55.8 Å². The largest absolute Gasteiger partial charge is 0.487 e. The molecule has 0 unspecified atom stereocenters. The summed E-state index contributed by atoms with van der Waals surface area (Å²) < 4.78 is 57.2. The van der Waals surface area contributed by atoms with Crippen molar-refractivity contribution < 1.29 is 26.7 Å². The van der Waals surface area contributed by atoms with Gasteiger partial charge in [-0.15, -0.1) is 0 Å². The van der Waals surface area contributed by atoms with E-state index in [2.05, 4.69) is 5.32 Å². The number of carbonyl (C=O) groups excluding carboxylic acids is 1. The number of benzene rings is 2. The fraction of sp³-hybridized carbons (Fsp3) is 0.458. The fourth-order valence-electron chi connectivity index (χ4n) is 4.43. The molecule has 6 nitrogen and oxygen atoms in total. The van der Waals surface area contributed by atoms with Crippen molar-refractivity contribution in [3.63, 3.8) is 0 Å². The van der Waals surface area contributed by atoms with Crippen LogP contribution in [0.2, 0.25) is 0 Å². The SMILES string of the molecule is Cc1cc(-c2cc(F)cc3c2O[C@@H](CNC(=O)CCN(C)[C@@H]2CCS(=O)(=O)C2)C3)ccc1F. The molecule has 0 aromatic heterocycles. The predicted molar refractivity (Wildman–Crippen MR) is 122 cm³/mol.